The summed E-state index contributed by atoms with van der Waals surface area (Å²) in [7, 11) is -3.20. The van der Waals surface area contributed by atoms with E-state index >= 15 is 0 Å². The van der Waals surface area contributed by atoms with Gasteiger partial charge in [0.25, 0.3) is 0 Å². The number of carbonyl (C=O) groups is 1. The summed E-state index contributed by atoms with van der Waals surface area (Å²) in [5, 5.41) is 12.8. The van der Waals surface area contributed by atoms with E-state index in [1.807, 2.05) is 0 Å². The number of aromatic nitrogens is 3. The lowest BCUT2D eigenvalue weighted by Crippen LogP contribution is -2.26. The Morgan fingerprint density at radius 3 is 2.75 bits per heavy atom. The van der Waals surface area contributed by atoms with Crippen LogP contribution in [0.4, 0.5) is 0 Å². The molecule has 7 nitrogen and oxygen atoms in total. The zero-order chi connectivity index (χ0) is 14.3. The molecule has 0 spiro atoms. The molecule has 110 valence electrons. The second-order valence-electron chi connectivity index (χ2n) is 5.43. The van der Waals surface area contributed by atoms with Crippen LogP contribution in [-0.2, 0) is 21.1 Å². The maximum Gasteiger partial charge on any atom is 0.328 e. The molecule has 2 unspecified atom stereocenters. The zero-order valence-electron chi connectivity index (χ0n) is 11.0. The van der Waals surface area contributed by atoms with E-state index in [4.69, 9.17) is 0 Å². The monoisotopic (exact) mass is 299 g/mol. The van der Waals surface area contributed by atoms with Crippen molar-refractivity contribution < 1.29 is 18.3 Å². The lowest BCUT2D eigenvalue weighted by molar-refractivity contribution is -0.141. The van der Waals surface area contributed by atoms with Crippen molar-refractivity contribution in [3.63, 3.8) is 0 Å². The maximum atomic E-state index is 12.1. The number of fused-ring (bicyclic) bond motifs is 1. The SMILES string of the molecule is O=C(O)C1CCCc2nc(C3CCCCS3(=O)=O)nn21. The third-order valence-corrected chi connectivity index (χ3v) is 6.21. The third kappa shape index (κ3) is 2.21. The average Bonchev–Trinajstić information content (AvgIpc) is 2.80. The van der Waals surface area contributed by atoms with E-state index in [2.05, 4.69) is 10.1 Å². The first kappa shape index (κ1) is 13.5. The number of carboxylic acid groups (broad SMARTS) is 1. The van der Waals surface area contributed by atoms with Gasteiger partial charge in [0.05, 0.1) is 5.75 Å². The molecule has 2 aliphatic heterocycles. The van der Waals surface area contributed by atoms with Gasteiger partial charge in [0, 0.05) is 6.42 Å². The minimum absolute atomic E-state index is 0.171. The highest BCUT2D eigenvalue weighted by Crippen LogP contribution is 2.33. The van der Waals surface area contributed by atoms with Crippen LogP contribution < -0.4 is 0 Å². The molecule has 8 heteroatoms. The summed E-state index contributed by atoms with van der Waals surface area (Å²) in [6.45, 7) is 0. The Labute approximate surface area is 116 Å². The molecular formula is C12H17N3O4S. The van der Waals surface area contributed by atoms with E-state index in [9.17, 15) is 18.3 Å². The lowest BCUT2D eigenvalue weighted by atomic mass is 10.1. The fourth-order valence-corrected chi connectivity index (χ4v) is 4.82. The Morgan fingerprint density at radius 1 is 1.25 bits per heavy atom. The standard InChI is InChI=1S/C12H17N3O4S/c16-12(17)8-4-3-6-10-13-11(14-15(8)10)9-5-1-2-7-20(9,18)19/h8-9H,1-7H2,(H,16,17). The topological polar surface area (TPSA) is 102 Å². The van der Waals surface area contributed by atoms with Gasteiger partial charge in [0.1, 0.15) is 11.1 Å². The number of aryl methyl sites for hydroxylation is 1. The second-order valence-corrected chi connectivity index (χ2v) is 7.73. The average molecular weight is 299 g/mol. The van der Waals surface area contributed by atoms with Crippen molar-refractivity contribution >= 4 is 15.8 Å². The number of rotatable bonds is 2. The van der Waals surface area contributed by atoms with Gasteiger partial charge in [0.15, 0.2) is 21.7 Å². The van der Waals surface area contributed by atoms with Crippen LogP contribution >= 0.6 is 0 Å². The van der Waals surface area contributed by atoms with Crippen molar-refractivity contribution in [1.29, 1.82) is 0 Å². The highest BCUT2D eigenvalue weighted by Gasteiger charge is 2.36. The molecular weight excluding hydrogens is 282 g/mol. The van der Waals surface area contributed by atoms with Gasteiger partial charge in [-0.2, -0.15) is 5.10 Å². The number of sulfone groups is 1. The largest absolute Gasteiger partial charge is 0.480 e. The smallest absolute Gasteiger partial charge is 0.328 e. The summed E-state index contributed by atoms with van der Waals surface area (Å²) >= 11 is 0. The van der Waals surface area contributed by atoms with Gasteiger partial charge in [-0.1, -0.05) is 6.42 Å². The Balaban J connectivity index is 1.99. The molecule has 0 aromatic carbocycles. The maximum absolute atomic E-state index is 12.1. The van der Waals surface area contributed by atoms with Crippen molar-refractivity contribution in [3.05, 3.63) is 11.6 Å². The van der Waals surface area contributed by atoms with Crippen molar-refractivity contribution in [2.45, 2.75) is 49.8 Å². The molecule has 1 N–H and O–H groups in total. The fraction of sp³-hybridized carbons (Fsp3) is 0.750. The quantitative estimate of drug-likeness (QED) is 0.869. The van der Waals surface area contributed by atoms with Crippen LogP contribution in [-0.4, -0.2) is 40.0 Å². The van der Waals surface area contributed by atoms with Gasteiger partial charge < -0.3 is 5.11 Å². The van der Waals surface area contributed by atoms with Crippen LogP contribution in [0.3, 0.4) is 0 Å². The number of nitrogens with zero attached hydrogens (tertiary/aromatic N) is 3. The Hall–Kier alpha value is -1.44. The van der Waals surface area contributed by atoms with Crippen LogP contribution in [0.25, 0.3) is 0 Å². The number of hydrogen-bond donors (Lipinski definition) is 1. The van der Waals surface area contributed by atoms with Crippen molar-refractivity contribution in [1.82, 2.24) is 14.8 Å². The Bertz CT molecular complexity index is 637. The Kier molecular flexibility index (Phi) is 3.27. The van der Waals surface area contributed by atoms with Crippen LogP contribution in [0.15, 0.2) is 0 Å². The minimum atomic E-state index is -3.20. The van der Waals surface area contributed by atoms with E-state index in [0.717, 1.165) is 12.8 Å². The first-order valence-corrected chi connectivity index (χ1v) is 8.60. The molecule has 0 saturated carbocycles. The number of carboxylic acids is 1. The normalized spacial score (nSPS) is 28.8. The molecule has 0 bridgehead atoms. The summed E-state index contributed by atoms with van der Waals surface area (Å²) in [5.74, 6) is 0.116. The van der Waals surface area contributed by atoms with Crippen molar-refractivity contribution in [2.24, 2.45) is 0 Å². The summed E-state index contributed by atoms with van der Waals surface area (Å²) < 4.78 is 25.6. The highest BCUT2D eigenvalue weighted by atomic mass is 32.2. The first-order valence-electron chi connectivity index (χ1n) is 6.89. The van der Waals surface area contributed by atoms with Gasteiger partial charge in [-0.25, -0.2) is 22.9 Å². The predicted octanol–water partition coefficient (Wildman–Crippen LogP) is 0.880. The van der Waals surface area contributed by atoms with Gasteiger partial charge in [0.2, 0.25) is 0 Å². The van der Waals surface area contributed by atoms with E-state index in [1.54, 1.807) is 0 Å². The van der Waals surface area contributed by atoms with Crippen molar-refractivity contribution in [3.8, 4) is 0 Å². The second kappa shape index (κ2) is 4.83. The Morgan fingerprint density at radius 2 is 2.05 bits per heavy atom. The molecule has 1 aromatic heterocycles. The van der Waals surface area contributed by atoms with Gasteiger partial charge in [-0.15, -0.1) is 0 Å². The molecule has 20 heavy (non-hydrogen) atoms. The zero-order valence-corrected chi connectivity index (χ0v) is 11.8. The highest BCUT2D eigenvalue weighted by molar-refractivity contribution is 7.91. The van der Waals surface area contributed by atoms with Gasteiger partial charge >= 0.3 is 5.97 Å². The molecule has 0 aliphatic carbocycles. The summed E-state index contributed by atoms with van der Waals surface area (Å²) in [5.41, 5.74) is 0. The first-order chi connectivity index (χ1) is 9.49. The molecule has 2 atom stereocenters. The number of aliphatic carboxylic acids is 1. The minimum Gasteiger partial charge on any atom is -0.480 e. The van der Waals surface area contributed by atoms with E-state index in [-0.39, 0.29) is 11.6 Å². The molecule has 1 fully saturated rings. The van der Waals surface area contributed by atoms with Crippen LogP contribution in [0.5, 0.6) is 0 Å². The molecule has 0 amide bonds. The van der Waals surface area contributed by atoms with E-state index in [1.165, 1.54) is 4.68 Å². The van der Waals surface area contributed by atoms with Crippen LogP contribution in [0.1, 0.15) is 55.0 Å². The van der Waals surface area contributed by atoms with Crippen molar-refractivity contribution in [2.75, 3.05) is 5.75 Å². The molecule has 3 heterocycles. The molecule has 3 rings (SSSR count). The third-order valence-electron chi connectivity index (χ3n) is 4.04. The summed E-state index contributed by atoms with van der Waals surface area (Å²) in [6, 6.07) is -0.716. The van der Waals surface area contributed by atoms with E-state index in [0.29, 0.717) is 31.5 Å². The summed E-state index contributed by atoms with van der Waals surface area (Å²) in [6.07, 6.45) is 3.97. The number of hydrogen-bond acceptors (Lipinski definition) is 5. The summed E-state index contributed by atoms with van der Waals surface area (Å²) in [4.78, 5) is 15.5. The molecule has 0 radical (unpaired) electrons. The van der Waals surface area contributed by atoms with Crippen LogP contribution in [0, 0.1) is 0 Å². The molecule has 2 aliphatic rings. The van der Waals surface area contributed by atoms with Crippen LogP contribution in [0.2, 0.25) is 0 Å². The predicted molar refractivity (Wildman–Crippen MR) is 70.0 cm³/mol. The molecule has 1 saturated heterocycles. The van der Waals surface area contributed by atoms with Gasteiger partial charge in [-0.3, -0.25) is 0 Å². The lowest BCUT2D eigenvalue weighted by Gasteiger charge is -2.20. The fourth-order valence-electron chi connectivity index (χ4n) is 2.98. The van der Waals surface area contributed by atoms with Gasteiger partial charge in [-0.05, 0) is 25.7 Å². The van der Waals surface area contributed by atoms with E-state index < -0.39 is 27.1 Å². The molecule has 1 aromatic rings.